The van der Waals surface area contributed by atoms with Crippen molar-refractivity contribution in [1.82, 2.24) is 4.98 Å². The van der Waals surface area contributed by atoms with Gasteiger partial charge in [0.25, 0.3) is 5.91 Å². The molecule has 8 heteroatoms. The van der Waals surface area contributed by atoms with Crippen LogP contribution in [0.25, 0.3) is 0 Å². The molecule has 1 aliphatic carbocycles. The maximum absolute atomic E-state index is 12.9. The van der Waals surface area contributed by atoms with Gasteiger partial charge >= 0.3 is 0 Å². The number of morpholine rings is 1. The van der Waals surface area contributed by atoms with E-state index < -0.39 is 5.91 Å². The van der Waals surface area contributed by atoms with Gasteiger partial charge in [-0.3, -0.25) is 14.6 Å². The number of hydrogen-bond acceptors (Lipinski definition) is 6. The molecule has 34 heavy (non-hydrogen) atoms. The van der Waals surface area contributed by atoms with Crippen LogP contribution < -0.4 is 20.7 Å². The number of benzene rings is 2. The van der Waals surface area contributed by atoms with Crippen molar-refractivity contribution in [2.75, 3.05) is 36.5 Å². The average Bonchev–Trinajstić information content (AvgIpc) is 3.28. The van der Waals surface area contributed by atoms with Gasteiger partial charge in [-0.05, 0) is 60.4 Å². The van der Waals surface area contributed by atoms with Crippen LogP contribution in [0.2, 0.25) is 0 Å². The number of carbonyl (C=O) groups is 2. The highest BCUT2D eigenvalue weighted by molar-refractivity contribution is 6.05. The molecule has 1 atom stereocenters. The minimum absolute atomic E-state index is 0.148. The van der Waals surface area contributed by atoms with Gasteiger partial charge in [0.15, 0.2) is 0 Å². The Morgan fingerprint density at radius 2 is 1.85 bits per heavy atom. The van der Waals surface area contributed by atoms with E-state index in [4.69, 9.17) is 15.2 Å². The Morgan fingerprint density at radius 3 is 2.62 bits per heavy atom. The van der Waals surface area contributed by atoms with Crippen LogP contribution >= 0.6 is 0 Å². The van der Waals surface area contributed by atoms with E-state index in [2.05, 4.69) is 15.2 Å². The number of ether oxygens (including phenoxy) is 2. The highest BCUT2D eigenvalue weighted by atomic mass is 16.5. The number of aromatic nitrogens is 1. The topological polar surface area (TPSA) is 107 Å². The molecule has 0 unspecified atom stereocenters. The minimum Gasteiger partial charge on any atom is -0.484 e. The second kappa shape index (κ2) is 9.52. The fourth-order valence-corrected chi connectivity index (χ4v) is 4.48. The van der Waals surface area contributed by atoms with Crippen molar-refractivity contribution in [3.8, 4) is 5.75 Å². The van der Waals surface area contributed by atoms with Gasteiger partial charge in [0.1, 0.15) is 11.9 Å². The number of nitrogens with one attached hydrogen (secondary N) is 1. The molecular weight excluding hydrogens is 432 g/mol. The quantitative estimate of drug-likeness (QED) is 0.587. The minimum atomic E-state index is -0.548. The van der Waals surface area contributed by atoms with Gasteiger partial charge in [0, 0.05) is 36.2 Å². The summed E-state index contributed by atoms with van der Waals surface area (Å²) in [5.74, 6) is -0.207. The zero-order valence-corrected chi connectivity index (χ0v) is 18.7. The third kappa shape index (κ3) is 4.58. The third-order valence-corrected chi connectivity index (χ3v) is 6.25. The van der Waals surface area contributed by atoms with E-state index in [0.717, 1.165) is 61.6 Å². The van der Waals surface area contributed by atoms with Crippen molar-refractivity contribution >= 4 is 23.2 Å². The number of nitrogens with two attached hydrogens (primary N) is 1. The Labute approximate surface area is 197 Å². The molecule has 2 aliphatic rings. The molecule has 0 radical (unpaired) electrons. The highest BCUT2D eigenvalue weighted by Gasteiger charge is 2.27. The van der Waals surface area contributed by atoms with Crippen LogP contribution in [0, 0.1) is 0 Å². The Balaban J connectivity index is 1.29. The van der Waals surface area contributed by atoms with Gasteiger partial charge in [-0.2, -0.15) is 0 Å². The summed E-state index contributed by atoms with van der Waals surface area (Å²) in [6, 6.07) is 15.1. The van der Waals surface area contributed by atoms with Crippen LogP contribution in [0.5, 0.6) is 5.75 Å². The van der Waals surface area contributed by atoms with Crippen molar-refractivity contribution in [2.24, 2.45) is 5.73 Å². The molecule has 2 amide bonds. The van der Waals surface area contributed by atoms with Crippen LogP contribution in [-0.2, 0) is 11.2 Å². The number of primary amides is 1. The summed E-state index contributed by atoms with van der Waals surface area (Å²) >= 11 is 0. The van der Waals surface area contributed by atoms with Gasteiger partial charge in [-0.25, -0.2) is 0 Å². The van der Waals surface area contributed by atoms with E-state index >= 15 is 0 Å². The Hall–Kier alpha value is -3.91. The van der Waals surface area contributed by atoms with Crippen molar-refractivity contribution in [3.63, 3.8) is 0 Å². The summed E-state index contributed by atoms with van der Waals surface area (Å²) in [7, 11) is 0. The zero-order valence-electron chi connectivity index (χ0n) is 18.7. The molecule has 1 saturated heterocycles. The molecule has 8 nitrogen and oxygen atoms in total. The summed E-state index contributed by atoms with van der Waals surface area (Å²) in [5, 5.41) is 3.06. The standard InChI is InChI=1S/C26H26N4O4/c27-25(31)18-14-20(16-28-15-18)34-24-9-8-21-22(24)2-1-3-23(21)29-26(32)17-4-6-19(7-5-17)30-10-12-33-13-11-30/h1-7,14-16,24H,8-13H2,(H2,27,31)(H,29,32)/t24-/m1/s1. The van der Waals surface area contributed by atoms with E-state index in [1.54, 1.807) is 12.3 Å². The summed E-state index contributed by atoms with van der Waals surface area (Å²) in [4.78, 5) is 30.7. The van der Waals surface area contributed by atoms with Gasteiger partial charge in [-0.15, -0.1) is 0 Å². The van der Waals surface area contributed by atoms with Crippen molar-refractivity contribution in [2.45, 2.75) is 18.9 Å². The number of rotatable bonds is 6. The molecule has 1 aromatic heterocycles. The summed E-state index contributed by atoms with van der Waals surface area (Å²) in [6.45, 7) is 3.15. The van der Waals surface area contributed by atoms with Crippen LogP contribution in [-0.4, -0.2) is 43.1 Å². The lowest BCUT2D eigenvalue weighted by Gasteiger charge is -2.28. The molecule has 1 aliphatic heterocycles. The number of anilines is 2. The van der Waals surface area contributed by atoms with Crippen molar-refractivity contribution < 1.29 is 19.1 Å². The molecule has 0 bridgehead atoms. The van der Waals surface area contributed by atoms with Gasteiger partial charge in [-0.1, -0.05) is 12.1 Å². The maximum atomic E-state index is 12.9. The van der Waals surface area contributed by atoms with E-state index in [1.807, 2.05) is 42.5 Å². The highest BCUT2D eigenvalue weighted by Crippen LogP contribution is 2.38. The first kappa shape index (κ1) is 21.9. The predicted molar refractivity (Wildman–Crippen MR) is 128 cm³/mol. The van der Waals surface area contributed by atoms with Crippen LogP contribution in [0.1, 0.15) is 44.4 Å². The molecule has 5 rings (SSSR count). The average molecular weight is 459 g/mol. The molecule has 0 saturated carbocycles. The predicted octanol–water partition coefficient (Wildman–Crippen LogP) is 3.34. The maximum Gasteiger partial charge on any atom is 0.255 e. The number of hydrogen-bond donors (Lipinski definition) is 2. The van der Waals surface area contributed by atoms with Crippen LogP contribution in [0.4, 0.5) is 11.4 Å². The lowest BCUT2D eigenvalue weighted by atomic mass is 10.1. The number of fused-ring (bicyclic) bond motifs is 1. The van der Waals surface area contributed by atoms with Crippen molar-refractivity contribution in [1.29, 1.82) is 0 Å². The van der Waals surface area contributed by atoms with E-state index in [1.165, 1.54) is 6.20 Å². The van der Waals surface area contributed by atoms with E-state index in [0.29, 0.717) is 16.9 Å². The Bertz CT molecular complexity index is 1210. The molecular formula is C26H26N4O4. The number of nitrogens with zero attached hydrogens (tertiary/aromatic N) is 2. The number of amides is 2. The lowest BCUT2D eigenvalue weighted by molar-refractivity contribution is 0.0996. The third-order valence-electron chi connectivity index (χ3n) is 6.25. The molecule has 0 spiro atoms. The first-order valence-corrected chi connectivity index (χ1v) is 11.4. The van der Waals surface area contributed by atoms with E-state index in [-0.39, 0.29) is 12.0 Å². The van der Waals surface area contributed by atoms with Gasteiger partial charge in [0.2, 0.25) is 5.91 Å². The second-order valence-corrected chi connectivity index (χ2v) is 8.39. The largest absolute Gasteiger partial charge is 0.484 e. The smallest absolute Gasteiger partial charge is 0.255 e. The van der Waals surface area contributed by atoms with E-state index in [9.17, 15) is 9.59 Å². The number of pyridine rings is 1. The Kier molecular flexibility index (Phi) is 6.14. The molecule has 3 aromatic rings. The SMILES string of the molecule is NC(=O)c1cncc(O[C@@H]2CCc3c(NC(=O)c4ccc(N5CCOCC5)cc4)cccc32)c1. The normalized spacial score (nSPS) is 17.2. The first-order valence-electron chi connectivity index (χ1n) is 11.4. The fraction of sp³-hybridized carbons (Fsp3) is 0.269. The van der Waals surface area contributed by atoms with Crippen molar-refractivity contribution in [3.05, 3.63) is 83.2 Å². The molecule has 3 N–H and O–H groups in total. The summed E-state index contributed by atoms with van der Waals surface area (Å²) in [6.07, 6.45) is 4.33. The molecule has 2 heterocycles. The molecule has 2 aromatic carbocycles. The summed E-state index contributed by atoms with van der Waals surface area (Å²) in [5.41, 5.74) is 10.2. The molecule has 174 valence electrons. The fourth-order valence-electron chi connectivity index (χ4n) is 4.48. The zero-order chi connectivity index (χ0) is 23.5. The first-order chi connectivity index (χ1) is 16.6. The lowest BCUT2D eigenvalue weighted by Crippen LogP contribution is -2.36. The monoisotopic (exact) mass is 458 g/mol. The van der Waals surface area contributed by atoms with Gasteiger partial charge in [0.05, 0.1) is 25.0 Å². The van der Waals surface area contributed by atoms with Crippen LogP contribution in [0.15, 0.2) is 60.9 Å². The summed E-state index contributed by atoms with van der Waals surface area (Å²) < 4.78 is 11.5. The van der Waals surface area contributed by atoms with Crippen LogP contribution in [0.3, 0.4) is 0 Å². The molecule has 1 fully saturated rings. The second-order valence-electron chi connectivity index (χ2n) is 8.39. The number of carbonyl (C=O) groups excluding carboxylic acids is 2. The van der Waals surface area contributed by atoms with Gasteiger partial charge < -0.3 is 25.4 Å². The Morgan fingerprint density at radius 1 is 1.06 bits per heavy atom.